The maximum atomic E-state index is 9.23. The van der Waals surface area contributed by atoms with E-state index in [0.717, 1.165) is 38.5 Å². The summed E-state index contributed by atoms with van der Waals surface area (Å²) in [5.74, 6) is 0. The number of hydrogen-bond donors (Lipinski definition) is 2. The molecule has 5 rings (SSSR count). The smallest absolute Gasteiger partial charge is 0.456 e. The lowest BCUT2D eigenvalue weighted by Crippen LogP contribution is -2.29. The van der Waals surface area contributed by atoms with E-state index in [2.05, 4.69) is 36.4 Å². The van der Waals surface area contributed by atoms with Crippen LogP contribution in [0.1, 0.15) is 0 Å². The van der Waals surface area contributed by atoms with Gasteiger partial charge in [0.25, 0.3) is 0 Å². The summed E-state index contributed by atoms with van der Waals surface area (Å²) >= 11 is 0. The molecule has 1 aromatic heterocycles. The summed E-state index contributed by atoms with van der Waals surface area (Å²) in [6.45, 7) is 0. The van der Waals surface area contributed by atoms with Gasteiger partial charge in [-0.15, -0.1) is 0 Å². The second-order valence-electron chi connectivity index (χ2n) is 6.50. The van der Waals surface area contributed by atoms with Crippen LogP contribution < -0.4 is 5.46 Å². The monoisotopic (exact) mass is 338 g/mol. The van der Waals surface area contributed by atoms with Crippen LogP contribution in [0.2, 0.25) is 0 Å². The van der Waals surface area contributed by atoms with Crippen LogP contribution in [-0.2, 0) is 0 Å². The molecule has 4 heteroatoms. The Morgan fingerprint density at radius 3 is 2.00 bits per heavy atom. The lowest BCUT2D eigenvalue weighted by molar-refractivity contribution is 0.426. The molecule has 26 heavy (non-hydrogen) atoms. The SMILES string of the molecule is OB(O)c1ccc(-c2ccc3c(c2)oc2cc4ccccc4cc23)cc1. The second kappa shape index (κ2) is 5.73. The first-order chi connectivity index (χ1) is 12.7. The van der Waals surface area contributed by atoms with E-state index in [1.54, 1.807) is 12.1 Å². The number of furan rings is 1. The standard InChI is InChI=1S/C22H15BO3/c24-23(25)18-8-5-14(6-9-18)17-7-10-19-20-11-15-3-1-2-4-16(15)12-22(20)26-21(19)13-17/h1-13,24-25H. The predicted molar refractivity (Wildman–Crippen MR) is 106 cm³/mol. The molecule has 0 aliphatic rings. The van der Waals surface area contributed by atoms with E-state index in [9.17, 15) is 10.0 Å². The van der Waals surface area contributed by atoms with Gasteiger partial charge in [0.1, 0.15) is 11.2 Å². The van der Waals surface area contributed by atoms with Gasteiger partial charge >= 0.3 is 7.12 Å². The molecular weight excluding hydrogens is 323 g/mol. The van der Waals surface area contributed by atoms with E-state index >= 15 is 0 Å². The van der Waals surface area contributed by atoms with Crippen molar-refractivity contribution < 1.29 is 14.5 Å². The van der Waals surface area contributed by atoms with Gasteiger partial charge in [-0.3, -0.25) is 0 Å². The Bertz CT molecular complexity index is 1250. The van der Waals surface area contributed by atoms with Gasteiger partial charge in [0.2, 0.25) is 0 Å². The number of rotatable bonds is 2. The molecule has 0 unspecified atom stereocenters. The van der Waals surface area contributed by atoms with Crippen molar-refractivity contribution in [1.29, 1.82) is 0 Å². The van der Waals surface area contributed by atoms with Crippen molar-refractivity contribution in [2.75, 3.05) is 0 Å². The molecule has 0 saturated carbocycles. The topological polar surface area (TPSA) is 53.6 Å². The third kappa shape index (κ3) is 2.39. The molecule has 0 radical (unpaired) electrons. The lowest BCUT2D eigenvalue weighted by Gasteiger charge is -2.04. The van der Waals surface area contributed by atoms with Crippen LogP contribution in [0.5, 0.6) is 0 Å². The summed E-state index contributed by atoms with van der Waals surface area (Å²) in [4.78, 5) is 0. The highest BCUT2D eigenvalue weighted by Gasteiger charge is 2.12. The first kappa shape index (κ1) is 15.2. The summed E-state index contributed by atoms with van der Waals surface area (Å²) in [6.07, 6.45) is 0. The molecule has 2 N–H and O–H groups in total. The van der Waals surface area contributed by atoms with Crippen LogP contribution in [-0.4, -0.2) is 17.2 Å². The van der Waals surface area contributed by atoms with Gasteiger partial charge in [0.05, 0.1) is 0 Å². The minimum absolute atomic E-state index is 0.477. The maximum absolute atomic E-state index is 9.23. The van der Waals surface area contributed by atoms with E-state index in [4.69, 9.17) is 4.42 Å². The van der Waals surface area contributed by atoms with E-state index < -0.39 is 7.12 Å². The molecule has 0 spiro atoms. The summed E-state index contributed by atoms with van der Waals surface area (Å²) in [6, 6.07) is 25.9. The normalized spacial score (nSPS) is 11.5. The molecule has 0 saturated heterocycles. The van der Waals surface area contributed by atoms with Gasteiger partial charge < -0.3 is 14.5 Å². The van der Waals surface area contributed by atoms with Crippen molar-refractivity contribution in [2.45, 2.75) is 0 Å². The molecule has 0 aliphatic heterocycles. The van der Waals surface area contributed by atoms with Crippen molar-refractivity contribution >= 4 is 45.3 Å². The Hall–Kier alpha value is -3.08. The molecule has 1 heterocycles. The highest BCUT2D eigenvalue weighted by Crippen LogP contribution is 2.34. The summed E-state index contributed by atoms with van der Waals surface area (Å²) in [5.41, 5.74) is 4.24. The molecule has 0 aliphatic carbocycles. The third-order valence-electron chi connectivity index (χ3n) is 4.88. The van der Waals surface area contributed by atoms with Crippen LogP contribution in [0.3, 0.4) is 0 Å². The molecule has 0 fully saturated rings. The first-order valence-corrected chi connectivity index (χ1v) is 8.50. The van der Waals surface area contributed by atoms with Crippen molar-refractivity contribution in [2.24, 2.45) is 0 Å². The maximum Gasteiger partial charge on any atom is 0.488 e. The molecule has 124 valence electrons. The van der Waals surface area contributed by atoms with E-state index in [1.165, 1.54) is 5.39 Å². The van der Waals surface area contributed by atoms with Gasteiger partial charge in [-0.25, -0.2) is 0 Å². The van der Waals surface area contributed by atoms with Gasteiger partial charge in [-0.1, -0.05) is 54.6 Å². The van der Waals surface area contributed by atoms with Crippen molar-refractivity contribution in [3.63, 3.8) is 0 Å². The third-order valence-corrected chi connectivity index (χ3v) is 4.88. The number of hydrogen-bond acceptors (Lipinski definition) is 3. The average Bonchev–Trinajstić information content (AvgIpc) is 3.02. The lowest BCUT2D eigenvalue weighted by atomic mass is 9.80. The Morgan fingerprint density at radius 1 is 0.615 bits per heavy atom. The van der Waals surface area contributed by atoms with Crippen molar-refractivity contribution in [3.05, 3.63) is 78.9 Å². The predicted octanol–water partition coefficient (Wildman–Crippen LogP) is 4.09. The van der Waals surface area contributed by atoms with Crippen molar-refractivity contribution in [1.82, 2.24) is 0 Å². The average molecular weight is 338 g/mol. The molecule has 0 amide bonds. The highest BCUT2D eigenvalue weighted by atomic mass is 16.4. The molecular formula is C22H15BO3. The summed E-state index contributed by atoms with van der Waals surface area (Å²) < 4.78 is 6.10. The van der Waals surface area contributed by atoms with Gasteiger partial charge in [-0.2, -0.15) is 0 Å². The fourth-order valence-electron chi connectivity index (χ4n) is 3.49. The van der Waals surface area contributed by atoms with E-state index in [1.807, 2.05) is 30.3 Å². The molecule has 3 nitrogen and oxygen atoms in total. The van der Waals surface area contributed by atoms with Gasteiger partial charge in [0, 0.05) is 10.8 Å². The number of fused-ring (bicyclic) bond motifs is 4. The largest absolute Gasteiger partial charge is 0.488 e. The Kier molecular flexibility index (Phi) is 3.35. The van der Waals surface area contributed by atoms with Gasteiger partial charge in [-0.05, 0) is 51.6 Å². The Labute approximate surface area is 150 Å². The zero-order valence-electron chi connectivity index (χ0n) is 13.9. The fourth-order valence-corrected chi connectivity index (χ4v) is 3.49. The zero-order chi connectivity index (χ0) is 17.7. The molecule has 4 aromatic carbocycles. The van der Waals surface area contributed by atoms with Crippen molar-refractivity contribution in [3.8, 4) is 11.1 Å². The van der Waals surface area contributed by atoms with E-state index in [0.29, 0.717) is 5.46 Å². The highest BCUT2D eigenvalue weighted by molar-refractivity contribution is 6.58. The minimum Gasteiger partial charge on any atom is -0.456 e. The van der Waals surface area contributed by atoms with Crippen LogP contribution in [0.4, 0.5) is 0 Å². The first-order valence-electron chi connectivity index (χ1n) is 8.50. The van der Waals surface area contributed by atoms with Gasteiger partial charge in [0.15, 0.2) is 0 Å². The number of benzene rings is 4. The zero-order valence-corrected chi connectivity index (χ0v) is 13.9. The quantitative estimate of drug-likeness (QED) is 0.477. The van der Waals surface area contributed by atoms with Crippen LogP contribution in [0.15, 0.2) is 83.3 Å². The molecule has 0 atom stereocenters. The Balaban J connectivity index is 1.67. The second-order valence-corrected chi connectivity index (χ2v) is 6.50. The summed E-state index contributed by atoms with van der Waals surface area (Å²) in [7, 11) is -1.45. The van der Waals surface area contributed by atoms with Crippen LogP contribution >= 0.6 is 0 Å². The summed E-state index contributed by atoms with van der Waals surface area (Å²) in [5, 5.41) is 23.0. The Morgan fingerprint density at radius 2 is 1.27 bits per heavy atom. The molecule has 0 bridgehead atoms. The van der Waals surface area contributed by atoms with E-state index in [-0.39, 0.29) is 0 Å². The molecule has 5 aromatic rings. The van der Waals surface area contributed by atoms with Crippen LogP contribution in [0, 0.1) is 0 Å². The fraction of sp³-hybridized carbons (Fsp3) is 0. The minimum atomic E-state index is -1.45. The van der Waals surface area contributed by atoms with Crippen LogP contribution in [0.25, 0.3) is 43.8 Å².